The maximum Gasteiger partial charge on any atom is 0.0108 e. The molecule has 0 aliphatic carbocycles. The van der Waals surface area contributed by atoms with E-state index in [4.69, 9.17) is 0 Å². The number of piperidine rings is 1. The van der Waals surface area contributed by atoms with E-state index in [9.17, 15) is 0 Å². The Kier molecular flexibility index (Phi) is 5.28. The van der Waals surface area contributed by atoms with Gasteiger partial charge in [0.15, 0.2) is 0 Å². The van der Waals surface area contributed by atoms with E-state index in [0.717, 1.165) is 19.0 Å². The Balaban J connectivity index is 1.62. The molecule has 2 aliphatic heterocycles. The van der Waals surface area contributed by atoms with Gasteiger partial charge in [0.2, 0.25) is 0 Å². The van der Waals surface area contributed by atoms with Crippen LogP contribution in [0.25, 0.3) is 0 Å². The number of rotatable bonds is 4. The number of benzene rings is 1. The van der Waals surface area contributed by atoms with Crippen LogP contribution in [0.15, 0.2) is 24.3 Å². The van der Waals surface area contributed by atoms with Crippen LogP contribution in [0.1, 0.15) is 29.9 Å². The smallest absolute Gasteiger partial charge is 0.0108 e. The maximum atomic E-state index is 3.43. The van der Waals surface area contributed by atoms with Gasteiger partial charge in [0.1, 0.15) is 0 Å². The number of nitrogens with zero attached hydrogens (tertiary/aromatic N) is 2. The molecule has 3 rings (SSSR count). The third-order valence-electron chi connectivity index (χ3n) is 5.12. The van der Waals surface area contributed by atoms with Crippen LogP contribution < -0.4 is 5.32 Å². The van der Waals surface area contributed by atoms with Crippen LogP contribution in [0.3, 0.4) is 0 Å². The molecule has 3 heteroatoms. The van der Waals surface area contributed by atoms with Crippen LogP contribution in [0.5, 0.6) is 0 Å². The molecule has 0 atom stereocenters. The second-order valence-electron chi connectivity index (χ2n) is 6.62. The van der Waals surface area contributed by atoms with Crippen molar-refractivity contribution in [3.63, 3.8) is 0 Å². The van der Waals surface area contributed by atoms with Gasteiger partial charge in [-0.1, -0.05) is 24.3 Å². The molecule has 1 N–H and O–H groups in total. The highest BCUT2D eigenvalue weighted by atomic mass is 15.2. The molecule has 2 heterocycles. The first-order valence-electron chi connectivity index (χ1n) is 8.52. The molecule has 0 bridgehead atoms. The summed E-state index contributed by atoms with van der Waals surface area (Å²) in [5, 5.41) is 3.43. The van der Waals surface area contributed by atoms with E-state index in [1.807, 2.05) is 0 Å². The fourth-order valence-corrected chi connectivity index (χ4v) is 3.69. The predicted octanol–water partition coefficient (Wildman–Crippen LogP) is 1.94. The number of likely N-dealkylation sites (tertiary alicyclic amines) is 1. The molecule has 21 heavy (non-hydrogen) atoms. The van der Waals surface area contributed by atoms with Crippen LogP contribution in [0.4, 0.5) is 0 Å². The minimum atomic E-state index is 0.778. The Hall–Kier alpha value is -0.900. The zero-order valence-corrected chi connectivity index (χ0v) is 13.4. The third kappa shape index (κ3) is 4.06. The van der Waals surface area contributed by atoms with Gasteiger partial charge in [-0.3, -0.25) is 0 Å². The molecule has 1 aromatic carbocycles. The van der Waals surface area contributed by atoms with E-state index >= 15 is 0 Å². The van der Waals surface area contributed by atoms with Crippen LogP contribution in [-0.2, 0) is 6.42 Å². The second-order valence-corrected chi connectivity index (χ2v) is 6.62. The Morgan fingerprint density at radius 2 is 1.76 bits per heavy atom. The van der Waals surface area contributed by atoms with Crippen LogP contribution >= 0.6 is 0 Å². The molecule has 0 aromatic heterocycles. The lowest BCUT2D eigenvalue weighted by Crippen LogP contribution is -2.44. The summed E-state index contributed by atoms with van der Waals surface area (Å²) < 4.78 is 0. The average molecular weight is 287 g/mol. The summed E-state index contributed by atoms with van der Waals surface area (Å²) in [4.78, 5) is 5.06. The Morgan fingerprint density at radius 1 is 1.05 bits per heavy atom. The predicted molar refractivity (Wildman–Crippen MR) is 88.9 cm³/mol. The van der Waals surface area contributed by atoms with Crippen molar-refractivity contribution in [1.82, 2.24) is 15.1 Å². The van der Waals surface area contributed by atoms with E-state index in [1.54, 1.807) is 11.1 Å². The maximum absolute atomic E-state index is 3.43. The Labute approximate surface area is 129 Å². The minimum absolute atomic E-state index is 0.778. The monoisotopic (exact) mass is 287 g/mol. The van der Waals surface area contributed by atoms with Gasteiger partial charge in [0, 0.05) is 32.7 Å². The topological polar surface area (TPSA) is 18.5 Å². The Bertz CT molecular complexity index is 432. The van der Waals surface area contributed by atoms with Crippen molar-refractivity contribution in [3.8, 4) is 0 Å². The highest BCUT2D eigenvalue weighted by Crippen LogP contribution is 2.30. The van der Waals surface area contributed by atoms with E-state index in [1.165, 1.54) is 52.0 Å². The normalized spacial score (nSPS) is 22.5. The molecular formula is C18H29N3. The van der Waals surface area contributed by atoms with Crippen LogP contribution in [0.2, 0.25) is 0 Å². The van der Waals surface area contributed by atoms with Gasteiger partial charge < -0.3 is 15.1 Å². The summed E-state index contributed by atoms with van der Waals surface area (Å²) in [7, 11) is 2.24. The van der Waals surface area contributed by atoms with Crippen molar-refractivity contribution in [1.29, 1.82) is 0 Å². The van der Waals surface area contributed by atoms with Gasteiger partial charge in [-0.25, -0.2) is 0 Å². The summed E-state index contributed by atoms with van der Waals surface area (Å²) in [6.07, 6.45) is 3.85. The van der Waals surface area contributed by atoms with Crippen molar-refractivity contribution < 1.29 is 0 Å². The summed E-state index contributed by atoms with van der Waals surface area (Å²) in [5.41, 5.74) is 3.21. The minimum Gasteiger partial charge on any atom is -0.314 e. The molecule has 0 unspecified atom stereocenters. The molecule has 0 saturated carbocycles. The van der Waals surface area contributed by atoms with E-state index in [0.29, 0.717) is 0 Å². The zero-order valence-electron chi connectivity index (χ0n) is 13.4. The second kappa shape index (κ2) is 7.39. The standard InChI is InChI=1S/C18H29N3/c1-20-11-6-17(7-12-20)18-5-3-2-4-16(18)8-13-21-14-9-19-10-15-21/h2-5,17,19H,6-15H2,1H3. The van der Waals surface area contributed by atoms with Crippen LogP contribution in [-0.4, -0.2) is 62.7 Å². The molecule has 3 nitrogen and oxygen atoms in total. The summed E-state index contributed by atoms with van der Waals surface area (Å²) in [6, 6.07) is 9.17. The fraction of sp³-hybridized carbons (Fsp3) is 0.667. The molecule has 116 valence electrons. The highest BCUT2D eigenvalue weighted by Gasteiger charge is 2.20. The first kappa shape index (κ1) is 15.0. The van der Waals surface area contributed by atoms with Gasteiger partial charge in [-0.2, -0.15) is 0 Å². The summed E-state index contributed by atoms with van der Waals surface area (Å²) in [6.45, 7) is 8.42. The molecule has 0 spiro atoms. The number of hydrogen-bond acceptors (Lipinski definition) is 3. The lowest BCUT2D eigenvalue weighted by Gasteiger charge is -2.31. The third-order valence-corrected chi connectivity index (χ3v) is 5.12. The van der Waals surface area contributed by atoms with Crippen LogP contribution in [0, 0.1) is 0 Å². The van der Waals surface area contributed by atoms with Crippen molar-refractivity contribution in [3.05, 3.63) is 35.4 Å². The van der Waals surface area contributed by atoms with Gasteiger partial charge >= 0.3 is 0 Å². The average Bonchev–Trinajstić information content (AvgIpc) is 2.55. The highest BCUT2D eigenvalue weighted by molar-refractivity contribution is 5.31. The lowest BCUT2D eigenvalue weighted by atomic mass is 9.86. The molecular weight excluding hydrogens is 258 g/mol. The SMILES string of the molecule is CN1CCC(c2ccccc2CCN2CCNCC2)CC1. The number of piperazine rings is 1. The number of hydrogen-bond donors (Lipinski definition) is 1. The van der Waals surface area contributed by atoms with Gasteiger partial charge in [-0.05, 0) is 56.4 Å². The molecule has 2 aliphatic rings. The summed E-state index contributed by atoms with van der Waals surface area (Å²) >= 11 is 0. The Morgan fingerprint density at radius 3 is 2.52 bits per heavy atom. The van der Waals surface area contributed by atoms with E-state index in [2.05, 4.69) is 46.4 Å². The number of nitrogens with one attached hydrogen (secondary N) is 1. The van der Waals surface area contributed by atoms with E-state index in [-0.39, 0.29) is 0 Å². The molecule has 0 radical (unpaired) electrons. The lowest BCUT2D eigenvalue weighted by molar-refractivity contribution is 0.242. The quantitative estimate of drug-likeness (QED) is 0.913. The van der Waals surface area contributed by atoms with Gasteiger partial charge in [-0.15, -0.1) is 0 Å². The molecule has 0 amide bonds. The molecule has 1 aromatic rings. The largest absolute Gasteiger partial charge is 0.314 e. The fourth-order valence-electron chi connectivity index (χ4n) is 3.69. The van der Waals surface area contributed by atoms with E-state index < -0.39 is 0 Å². The zero-order chi connectivity index (χ0) is 14.5. The van der Waals surface area contributed by atoms with Gasteiger partial charge in [0.25, 0.3) is 0 Å². The van der Waals surface area contributed by atoms with Crippen molar-refractivity contribution in [2.45, 2.75) is 25.2 Å². The molecule has 2 saturated heterocycles. The van der Waals surface area contributed by atoms with Crippen molar-refractivity contribution in [2.24, 2.45) is 0 Å². The molecule has 2 fully saturated rings. The first-order chi connectivity index (χ1) is 10.3. The van der Waals surface area contributed by atoms with Crippen molar-refractivity contribution in [2.75, 3.05) is 52.9 Å². The first-order valence-corrected chi connectivity index (χ1v) is 8.52. The summed E-state index contributed by atoms with van der Waals surface area (Å²) in [5.74, 6) is 0.778. The van der Waals surface area contributed by atoms with Gasteiger partial charge in [0.05, 0.1) is 0 Å². The van der Waals surface area contributed by atoms with Crippen molar-refractivity contribution >= 4 is 0 Å².